The number of carbonyl (C=O) groups excluding carboxylic acids is 3. The Kier molecular flexibility index (Phi) is 6.77. The predicted molar refractivity (Wildman–Crippen MR) is 147 cm³/mol. The minimum absolute atomic E-state index is 0.0492. The monoisotopic (exact) mass is 555 g/mol. The zero-order chi connectivity index (χ0) is 28.6. The van der Waals surface area contributed by atoms with Gasteiger partial charge in [-0.2, -0.15) is 0 Å². The van der Waals surface area contributed by atoms with Crippen molar-refractivity contribution in [1.82, 2.24) is 20.5 Å². The summed E-state index contributed by atoms with van der Waals surface area (Å²) in [5, 5.41) is 4.77. The van der Waals surface area contributed by atoms with Gasteiger partial charge in [-0.3, -0.25) is 14.9 Å². The second-order valence-corrected chi connectivity index (χ2v) is 9.90. The Labute approximate surface area is 235 Å². The van der Waals surface area contributed by atoms with Crippen molar-refractivity contribution in [3.63, 3.8) is 0 Å². The molecule has 2 aromatic carbocycles. The van der Waals surface area contributed by atoms with E-state index in [0.29, 0.717) is 24.3 Å². The molecule has 208 valence electrons. The standard InChI is InChI=1S/C30H26FN5O5/c1-40-23-10-9-21-17-36(27(37)25(21)26(23)31)18-30(28(38)33-29(39)34-30)12-11-19-5-7-20(8-6-19)22-3-2-4-24(32-22)35-13-15-41-16-14-35/h2-10H,13-18H2,1H3,(H2,33,34,38,39). The lowest BCUT2D eigenvalue weighted by atomic mass is 9.98. The molecule has 4 amide bonds. The highest BCUT2D eigenvalue weighted by molar-refractivity contribution is 6.10. The van der Waals surface area contributed by atoms with Crippen molar-refractivity contribution in [1.29, 1.82) is 0 Å². The number of methoxy groups -OCH3 is 1. The number of urea groups is 1. The second-order valence-electron chi connectivity index (χ2n) is 9.90. The van der Waals surface area contributed by atoms with Crippen LogP contribution in [0.4, 0.5) is 15.0 Å². The van der Waals surface area contributed by atoms with E-state index in [9.17, 15) is 18.8 Å². The number of imide groups is 1. The number of hydrogen-bond donors (Lipinski definition) is 2. The van der Waals surface area contributed by atoms with Gasteiger partial charge in [0.15, 0.2) is 11.6 Å². The van der Waals surface area contributed by atoms with Gasteiger partial charge in [0.2, 0.25) is 5.54 Å². The highest BCUT2D eigenvalue weighted by Crippen LogP contribution is 2.32. The number of carbonyl (C=O) groups is 3. The Morgan fingerprint density at radius 2 is 1.85 bits per heavy atom. The first-order chi connectivity index (χ1) is 19.9. The molecule has 1 aromatic heterocycles. The summed E-state index contributed by atoms with van der Waals surface area (Å²) in [4.78, 5) is 46.4. The summed E-state index contributed by atoms with van der Waals surface area (Å²) in [6, 6.07) is 15.6. The quantitative estimate of drug-likeness (QED) is 0.367. The number of nitrogens with zero attached hydrogens (tertiary/aromatic N) is 3. The topological polar surface area (TPSA) is 113 Å². The van der Waals surface area contributed by atoms with E-state index in [1.165, 1.54) is 18.1 Å². The summed E-state index contributed by atoms with van der Waals surface area (Å²) >= 11 is 0. The molecule has 0 radical (unpaired) electrons. The maximum atomic E-state index is 14.8. The number of morpholine rings is 1. The number of benzene rings is 2. The molecular weight excluding hydrogens is 529 g/mol. The highest BCUT2D eigenvalue weighted by atomic mass is 19.1. The van der Waals surface area contributed by atoms with Crippen molar-refractivity contribution in [3.8, 4) is 28.8 Å². The van der Waals surface area contributed by atoms with Gasteiger partial charge < -0.3 is 24.6 Å². The average Bonchev–Trinajstić information content (AvgIpc) is 3.47. The number of amides is 4. The summed E-state index contributed by atoms with van der Waals surface area (Å²) in [6.07, 6.45) is 0. The molecule has 2 N–H and O–H groups in total. The van der Waals surface area contributed by atoms with Crippen molar-refractivity contribution < 1.29 is 28.2 Å². The maximum absolute atomic E-state index is 14.8. The molecule has 0 saturated carbocycles. The second kappa shape index (κ2) is 10.6. The van der Waals surface area contributed by atoms with Crippen LogP contribution in [0.1, 0.15) is 21.5 Å². The molecule has 0 spiro atoms. The molecule has 1 atom stereocenters. The van der Waals surface area contributed by atoms with Crippen LogP contribution >= 0.6 is 0 Å². The Hall–Kier alpha value is -4.95. The van der Waals surface area contributed by atoms with E-state index in [1.807, 2.05) is 30.3 Å². The number of halogens is 1. The fraction of sp³-hybridized carbons (Fsp3) is 0.267. The normalized spacial score (nSPS) is 19.8. The molecule has 2 fully saturated rings. The predicted octanol–water partition coefficient (Wildman–Crippen LogP) is 2.32. The van der Waals surface area contributed by atoms with Crippen LogP contribution in [-0.4, -0.2) is 73.2 Å². The van der Waals surface area contributed by atoms with Crippen LogP contribution in [0.25, 0.3) is 11.3 Å². The molecule has 3 aromatic rings. The Bertz CT molecular complexity index is 1610. The van der Waals surface area contributed by atoms with Crippen molar-refractivity contribution >= 4 is 23.7 Å². The first kappa shape index (κ1) is 26.3. The van der Waals surface area contributed by atoms with Gasteiger partial charge in [-0.05, 0) is 35.9 Å². The number of anilines is 1. The van der Waals surface area contributed by atoms with Crippen LogP contribution in [-0.2, 0) is 16.1 Å². The molecule has 11 heteroatoms. The van der Waals surface area contributed by atoms with Crippen LogP contribution in [0.5, 0.6) is 5.75 Å². The summed E-state index contributed by atoms with van der Waals surface area (Å²) in [5.41, 5.74) is 0.941. The molecule has 6 rings (SSSR count). The molecule has 3 aliphatic rings. The molecule has 10 nitrogen and oxygen atoms in total. The number of rotatable bonds is 5. The maximum Gasteiger partial charge on any atom is 0.323 e. The SMILES string of the molecule is COc1ccc2c(c1F)C(=O)N(CC1(C#Cc3ccc(-c4cccc(N5CCOCC5)n4)cc3)NC(=O)NC1=O)C2. The van der Waals surface area contributed by atoms with Gasteiger partial charge in [0.05, 0.1) is 38.1 Å². The van der Waals surface area contributed by atoms with E-state index in [4.69, 9.17) is 14.5 Å². The van der Waals surface area contributed by atoms with Crippen molar-refractivity contribution in [2.45, 2.75) is 12.1 Å². The fourth-order valence-corrected chi connectivity index (χ4v) is 5.15. The van der Waals surface area contributed by atoms with Crippen LogP contribution in [0, 0.1) is 17.7 Å². The molecular formula is C30H26FN5O5. The van der Waals surface area contributed by atoms with Crippen molar-refractivity contribution in [2.75, 3.05) is 44.9 Å². The summed E-state index contributed by atoms with van der Waals surface area (Å²) in [7, 11) is 1.32. The van der Waals surface area contributed by atoms with Crippen LogP contribution in [0.3, 0.4) is 0 Å². The number of pyridine rings is 1. The zero-order valence-electron chi connectivity index (χ0n) is 22.2. The van der Waals surface area contributed by atoms with Crippen LogP contribution < -0.4 is 20.3 Å². The van der Waals surface area contributed by atoms with Crippen molar-refractivity contribution in [2.24, 2.45) is 0 Å². The lowest BCUT2D eigenvalue weighted by Crippen LogP contribution is -2.54. The largest absolute Gasteiger partial charge is 0.494 e. The molecule has 1 unspecified atom stereocenters. The fourth-order valence-electron chi connectivity index (χ4n) is 5.15. The Morgan fingerprint density at radius 1 is 1.07 bits per heavy atom. The number of ether oxygens (including phenoxy) is 2. The van der Waals surface area contributed by atoms with Crippen molar-refractivity contribution in [3.05, 3.63) is 77.1 Å². The van der Waals surface area contributed by atoms with Gasteiger partial charge in [-0.15, -0.1) is 0 Å². The number of nitrogens with one attached hydrogen (secondary N) is 2. The first-order valence-electron chi connectivity index (χ1n) is 13.1. The lowest BCUT2D eigenvalue weighted by Gasteiger charge is -2.28. The van der Waals surface area contributed by atoms with E-state index in [-0.39, 0.29) is 24.4 Å². The van der Waals surface area contributed by atoms with E-state index in [1.54, 1.807) is 18.2 Å². The summed E-state index contributed by atoms with van der Waals surface area (Å²) in [6.45, 7) is 2.72. The molecule has 41 heavy (non-hydrogen) atoms. The third-order valence-corrected chi connectivity index (χ3v) is 7.32. The third kappa shape index (κ3) is 4.94. The third-order valence-electron chi connectivity index (χ3n) is 7.32. The number of hydrogen-bond acceptors (Lipinski definition) is 7. The Morgan fingerprint density at radius 3 is 2.56 bits per heavy atom. The zero-order valence-corrected chi connectivity index (χ0v) is 22.2. The first-order valence-corrected chi connectivity index (χ1v) is 13.1. The van der Waals surface area contributed by atoms with E-state index in [2.05, 4.69) is 27.4 Å². The molecule has 0 aliphatic carbocycles. The van der Waals surface area contributed by atoms with Gasteiger partial charge in [0.1, 0.15) is 5.82 Å². The number of fused-ring (bicyclic) bond motifs is 1. The van der Waals surface area contributed by atoms with Crippen LogP contribution in [0.15, 0.2) is 54.6 Å². The van der Waals surface area contributed by atoms with Crippen LogP contribution in [0.2, 0.25) is 0 Å². The van der Waals surface area contributed by atoms with Gasteiger partial charge >= 0.3 is 6.03 Å². The lowest BCUT2D eigenvalue weighted by molar-refractivity contribution is -0.122. The average molecular weight is 556 g/mol. The molecule has 2 saturated heterocycles. The van der Waals surface area contributed by atoms with Gasteiger partial charge in [0.25, 0.3) is 11.8 Å². The van der Waals surface area contributed by atoms with Gasteiger partial charge in [-0.25, -0.2) is 14.2 Å². The highest BCUT2D eigenvalue weighted by Gasteiger charge is 2.48. The summed E-state index contributed by atoms with van der Waals surface area (Å²) < 4.78 is 25.3. The molecule has 3 aliphatic heterocycles. The molecule has 4 heterocycles. The van der Waals surface area contributed by atoms with E-state index in [0.717, 1.165) is 30.2 Å². The van der Waals surface area contributed by atoms with Gasteiger partial charge in [0, 0.05) is 30.8 Å². The minimum Gasteiger partial charge on any atom is -0.494 e. The van der Waals surface area contributed by atoms with E-state index >= 15 is 0 Å². The smallest absolute Gasteiger partial charge is 0.323 e. The van der Waals surface area contributed by atoms with Gasteiger partial charge in [-0.1, -0.05) is 36.1 Å². The molecule has 0 bridgehead atoms. The minimum atomic E-state index is -1.71. The number of aromatic nitrogens is 1. The van der Waals surface area contributed by atoms with E-state index < -0.39 is 29.2 Å². The summed E-state index contributed by atoms with van der Waals surface area (Å²) in [5.74, 6) is 4.62. The Balaban J connectivity index is 1.23.